The van der Waals surface area contributed by atoms with E-state index < -0.39 is 49.4 Å². The first kappa shape index (κ1) is 28.7. The van der Waals surface area contributed by atoms with Gasteiger partial charge in [-0.05, 0) is 34.6 Å². The molecule has 12 nitrogen and oxygen atoms in total. The first-order chi connectivity index (χ1) is 17.0. The van der Waals surface area contributed by atoms with Gasteiger partial charge in [-0.25, -0.2) is 19.4 Å². The highest BCUT2D eigenvalue weighted by Gasteiger charge is 2.56. The van der Waals surface area contributed by atoms with Gasteiger partial charge in [0.2, 0.25) is 5.88 Å². The SMILES string of the molecule is CCOC(=O)[C@@H](C)N[P@@](=O)(OC[C@H]1O[C@@H](n2cnc3c(OCC)nc(C)nc32)[C@](C)(F)[C@@H]1O)SCC. The molecule has 6 atom stereocenters. The molecule has 0 aromatic carbocycles. The summed E-state index contributed by atoms with van der Waals surface area (Å²) in [6, 6.07) is -0.900. The first-order valence-corrected chi connectivity index (χ1v) is 14.9. The number of aryl methyl sites for hydroxylation is 1. The molecule has 0 saturated carbocycles. The molecule has 2 N–H and O–H groups in total. The molecule has 15 heteroatoms. The van der Waals surface area contributed by atoms with Crippen LogP contribution in [0.1, 0.15) is 46.7 Å². The van der Waals surface area contributed by atoms with Gasteiger partial charge in [-0.3, -0.25) is 13.9 Å². The number of aliphatic hydroxyl groups is 1. The lowest BCUT2D eigenvalue weighted by molar-refractivity contribution is -0.144. The number of fused-ring (bicyclic) bond motifs is 1. The number of rotatable bonds is 12. The van der Waals surface area contributed by atoms with Crippen LogP contribution in [0.25, 0.3) is 11.2 Å². The van der Waals surface area contributed by atoms with Crippen LogP contribution >= 0.6 is 18.1 Å². The van der Waals surface area contributed by atoms with Crippen molar-refractivity contribution in [3.63, 3.8) is 0 Å². The molecule has 0 aliphatic carbocycles. The monoisotopic (exact) mass is 549 g/mol. The van der Waals surface area contributed by atoms with Crippen LogP contribution < -0.4 is 9.82 Å². The van der Waals surface area contributed by atoms with E-state index in [1.807, 2.05) is 0 Å². The molecule has 1 aliphatic heterocycles. The molecule has 1 aliphatic rings. The third kappa shape index (κ3) is 6.00. The Hall–Kier alpha value is -1.83. The summed E-state index contributed by atoms with van der Waals surface area (Å²) < 4.78 is 52.5. The van der Waals surface area contributed by atoms with Gasteiger partial charge >= 0.3 is 12.7 Å². The number of hydrogen-bond acceptors (Lipinski definition) is 11. The van der Waals surface area contributed by atoms with E-state index in [4.69, 9.17) is 18.7 Å². The Morgan fingerprint density at radius 1 is 1.39 bits per heavy atom. The highest BCUT2D eigenvalue weighted by molar-refractivity contribution is 8.56. The van der Waals surface area contributed by atoms with Crippen molar-refractivity contribution >= 4 is 35.2 Å². The van der Waals surface area contributed by atoms with Crippen LogP contribution in [-0.2, 0) is 23.4 Å². The van der Waals surface area contributed by atoms with Crippen LogP contribution in [0, 0.1) is 6.92 Å². The molecule has 1 saturated heterocycles. The molecule has 2 aromatic heterocycles. The molecular formula is C21H33FN5O7PS. The summed E-state index contributed by atoms with van der Waals surface area (Å²) in [5.74, 6) is 0.491. The molecule has 2 aromatic rings. The summed E-state index contributed by atoms with van der Waals surface area (Å²) in [6.07, 6.45) is -2.74. The van der Waals surface area contributed by atoms with Crippen LogP contribution in [0.2, 0.25) is 0 Å². The second kappa shape index (κ2) is 11.7. The normalized spacial score (nSPS) is 26.6. The highest BCUT2D eigenvalue weighted by Crippen LogP contribution is 2.57. The molecule has 0 unspecified atom stereocenters. The molecule has 3 rings (SSSR count). The summed E-state index contributed by atoms with van der Waals surface area (Å²) >= 11 is 0.973. The zero-order valence-corrected chi connectivity index (χ0v) is 22.8. The molecule has 36 heavy (non-hydrogen) atoms. The molecule has 0 amide bonds. The van der Waals surface area contributed by atoms with Gasteiger partial charge in [0.05, 0.1) is 26.1 Å². The van der Waals surface area contributed by atoms with Crippen molar-refractivity contribution in [3.8, 4) is 5.88 Å². The predicted octanol–water partition coefficient (Wildman–Crippen LogP) is 2.94. The van der Waals surface area contributed by atoms with Crippen molar-refractivity contribution in [2.45, 2.75) is 71.7 Å². The lowest BCUT2D eigenvalue weighted by atomic mass is 9.98. The van der Waals surface area contributed by atoms with Gasteiger partial charge in [-0.1, -0.05) is 18.3 Å². The van der Waals surface area contributed by atoms with E-state index in [0.29, 0.717) is 23.7 Å². The predicted molar refractivity (Wildman–Crippen MR) is 132 cm³/mol. The Morgan fingerprint density at radius 2 is 2.11 bits per heavy atom. The maximum absolute atomic E-state index is 15.8. The number of aromatic nitrogens is 4. The number of aliphatic hydroxyl groups excluding tert-OH is 1. The lowest BCUT2D eigenvalue weighted by Crippen LogP contribution is -2.41. The van der Waals surface area contributed by atoms with Crippen molar-refractivity contribution in [1.29, 1.82) is 0 Å². The van der Waals surface area contributed by atoms with Crippen LogP contribution in [-0.4, -0.2) is 80.1 Å². The molecule has 0 bridgehead atoms. The fourth-order valence-corrected chi connectivity index (χ4v) is 7.37. The molecule has 1 fully saturated rings. The van der Waals surface area contributed by atoms with Crippen molar-refractivity contribution in [2.75, 3.05) is 25.6 Å². The maximum atomic E-state index is 15.8. The Morgan fingerprint density at radius 3 is 2.75 bits per heavy atom. The van der Waals surface area contributed by atoms with Crippen LogP contribution in [0.4, 0.5) is 4.39 Å². The average Bonchev–Trinajstić information content (AvgIpc) is 3.31. The largest absolute Gasteiger partial charge is 0.476 e. The van der Waals surface area contributed by atoms with Crippen molar-refractivity contribution in [1.82, 2.24) is 24.6 Å². The van der Waals surface area contributed by atoms with E-state index in [2.05, 4.69) is 20.0 Å². The Labute approximate surface area is 212 Å². The maximum Gasteiger partial charge on any atom is 0.327 e. The van der Waals surface area contributed by atoms with Gasteiger partial charge in [0.15, 0.2) is 23.1 Å². The zero-order chi connectivity index (χ0) is 26.7. The third-order valence-electron chi connectivity index (χ3n) is 5.45. The number of nitrogens with zero attached hydrogens (tertiary/aromatic N) is 4. The third-order valence-corrected chi connectivity index (χ3v) is 9.67. The van der Waals surface area contributed by atoms with E-state index in [1.165, 1.54) is 24.7 Å². The number of carbonyl (C=O) groups excluding carboxylic acids is 1. The molecule has 3 heterocycles. The van der Waals surface area contributed by atoms with Gasteiger partial charge in [0.1, 0.15) is 24.1 Å². The lowest BCUT2D eigenvalue weighted by Gasteiger charge is -2.25. The second-order valence-electron chi connectivity index (χ2n) is 8.27. The summed E-state index contributed by atoms with van der Waals surface area (Å²) in [6.45, 7) is 6.14. The Kier molecular flexibility index (Phi) is 9.34. The quantitative estimate of drug-likeness (QED) is 0.296. The van der Waals surface area contributed by atoms with Gasteiger partial charge in [0.25, 0.3) is 0 Å². The first-order valence-electron chi connectivity index (χ1n) is 11.7. The topological polar surface area (TPSA) is 147 Å². The molecule has 0 spiro atoms. The summed E-state index contributed by atoms with van der Waals surface area (Å²) in [4.78, 5) is 24.8. The number of carbonyl (C=O) groups is 1. The molecule has 0 radical (unpaired) electrons. The number of hydrogen-bond donors (Lipinski definition) is 2. The van der Waals surface area contributed by atoms with Crippen molar-refractivity contribution in [2.24, 2.45) is 0 Å². The molecular weight excluding hydrogens is 516 g/mol. The Bertz CT molecular complexity index is 1120. The second-order valence-corrected chi connectivity index (χ2v) is 12.8. The van der Waals surface area contributed by atoms with Crippen LogP contribution in [0.3, 0.4) is 0 Å². The van der Waals surface area contributed by atoms with Crippen LogP contribution in [0.15, 0.2) is 6.33 Å². The zero-order valence-electron chi connectivity index (χ0n) is 21.1. The minimum atomic E-state index is -3.62. The smallest absolute Gasteiger partial charge is 0.327 e. The van der Waals surface area contributed by atoms with Crippen molar-refractivity contribution < 1.29 is 37.6 Å². The summed E-state index contributed by atoms with van der Waals surface area (Å²) in [7, 11) is 0. The number of halogens is 1. The summed E-state index contributed by atoms with van der Waals surface area (Å²) in [5.41, 5.74) is -1.65. The summed E-state index contributed by atoms with van der Waals surface area (Å²) in [5, 5.41) is 13.4. The Balaban J connectivity index is 1.81. The van der Waals surface area contributed by atoms with E-state index in [1.54, 1.807) is 27.7 Å². The number of esters is 1. The van der Waals surface area contributed by atoms with E-state index in [-0.39, 0.29) is 18.1 Å². The standard InChI is InChI=1S/C21H33FN5O7PS/c1-7-31-18-15-17(24-13(5)25-18)27(11-23-15)20-21(6,22)16(28)14(34-20)10-33-35(30,36-9-3)26-12(4)19(29)32-8-2/h11-12,14,16,20,28H,7-10H2,1-6H3,(H,26,30)/t12-,14-,16-,20-,21-,35-/m1/s1. The van der Waals surface area contributed by atoms with E-state index in [0.717, 1.165) is 11.4 Å². The average molecular weight is 550 g/mol. The van der Waals surface area contributed by atoms with Gasteiger partial charge in [-0.15, -0.1) is 0 Å². The van der Waals surface area contributed by atoms with Crippen LogP contribution in [0.5, 0.6) is 5.88 Å². The molecule has 202 valence electrons. The van der Waals surface area contributed by atoms with E-state index in [9.17, 15) is 14.5 Å². The minimum Gasteiger partial charge on any atom is -0.476 e. The highest BCUT2D eigenvalue weighted by atomic mass is 32.7. The van der Waals surface area contributed by atoms with E-state index >= 15 is 4.39 Å². The fourth-order valence-electron chi connectivity index (χ4n) is 3.76. The van der Waals surface area contributed by atoms with Gasteiger partial charge in [-0.2, -0.15) is 4.98 Å². The van der Waals surface area contributed by atoms with Crippen molar-refractivity contribution in [3.05, 3.63) is 12.2 Å². The number of alkyl halides is 1. The minimum absolute atomic E-state index is 0.176. The van der Waals surface area contributed by atoms with Gasteiger partial charge in [0, 0.05) is 5.75 Å². The number of nitrogens with one attached hydrogen (secondary N) is 1. The fraction of sp³-hybridized carbons (Fsp3) is 0.714. The number of ether oxygens (including phenoxy) is 3. The van der Waals surface area contributed by atoms with Gasteiger partial charge < -0.3 is 23.8 Å². The number of imidazole rings is 1.